The van der Waals surface area contributed by atoms with E-state index >= 15 is 0 Å². The van der Waals surface area contributed by atoms with Gasteiger partial charge >= 0.3 is 6.03 Å². The van der Waals surface area contributed by atoms with Crippen molar-refractivity contribution in [3.05, 3.63) is 27.8 Å². The fourth-order valence-corrected chi connectivity index (χ4v) is 1.20. The Hall–Kier alpha value is -1.31. The van der Waals surface area contributed by atoms with Gasteiger partial charge in [0.25, 0.3) is 0 Å². The summed E-state index contributed by atoms with van der Waals surface area (Å²) in [4.78, 5) is 21.7. The number of amides is 3. The lowest BCUT2D eigenvalue weighted by atomic mass is 10.3. The summed E-state index contributed by atoms with van der Waals surface area (Å²) >= 11 is 2.17. The second-order valence-corrected chi connectivity index (χ2v) is 4.01. The Balaban J connectivity index is 2.44. The first-order valence-corrected chi connectivity index (χ1v) is 5.25. The molecule has 0 spiro atoms. The maximum absolute atomic E-state index is 11.2. The van der Waals surface area contributed by atoms with Gasteiger partial charge in [0, 0.05) is 16.2 Å². The van der Waals surface area contributed by atoms with Crippen molar-refractivity contribution in [2.45, 2.75) is 6.92 Å². The van der Waals surface area contributed by atoms with Gasteiger partial charge in [-0.05, 0) is 46.9 Å². The largest absolute Gasteiger partial charge is 0.337 e. The molecule has 0 atom stereocenters. The predicted molar refractivity (Wildman–Crippen MR) is 65.1 cm³/mol. The fourth-order valence-electron chi connectivity index (χ4n) is 0.840. The van der Waals surface area contributed by atoms with Crippen LogP contribution in [0.4, 0.5) is 10.5 Å². The predicted octanol–water partition coefficient (Wildman–Crippen LogP) is 1.46. The smallest absolute Gasteiger partial charge is 0.307 e. The van der Waals surface area contributed by atoms with E-state index in [0.29, 0.717) is 5.69 Å². The first kappa shape index (κ1) is 11.8. The Labute approximate surface area is 101 Å². The minimum atomic E-state index is -0.480. The average molecular weight is 319 g/mol. The van der Waals surface area contributed by atoms with Crippen LogP contribution in [0.1, 0.15) is 6.92 Å². The van der Waals surface area contributed by atoms with Crippen LogP contribution >= 0.6 is 22.6 Å². The van der Waals surface area contributed by atoms with E-state index in [1.807, 2.05) is 12.1 Å². The zero-order valence-electron chi connectivity index (χ0n) is 8.00. The van der Waals surface area contributed by atoms with Crippen LogP contribution in [0.25, 0.3) is 0 Å². The first-order valence-electron chi connectivity index (χ1n) is 4.17. The van der Waals surface area contributed by atoms with Crippen LogP contribution < -0.4 is 16.2 Å². The molecule has 0 fully saturated rings. The highest BCUT2D eigenvalue weighted by atomic mass is 127. The molecule has 0 heterocycles. The Morgan fingerprint density at radius 3 is 2.27 bits per heavy atom. The number of benzene rings is 1. The Bertz CT molecular complexity index is 364. The lowest BCUT2D eigenvalue weighted by Crippen LogP contribution is -2.42. The van der Waals surface area contributed by atoms with Crippen molar-refractivity contribution in [1.29, 1.82) is 0 Å². The van der Waals surface area contributed by atoms with Gasteiger partial charge in [-0.2, -0.15) is 0 Å². The van der Waals surface area contributed by atoms with E-state index in [9.17, 15) is 9.59 Å². The summed E-state index contributed by atoms with van der Waals surface area (Å²) in [7, 11) is 0. The maximum Gasteiger partial charge on any atom is 0.337 e. The summed E-state index contributed by atoms with van der Waals surface area (Å²) in [5.74, 6) is -0.326. The molecular formula is C9H10IN3O2. The van der Waals surface area contributed by atoms with Gasteiger partial charge in [-0.15, -0.1) is 0 Å². The van der Waals surface area contributed by atoms with Gasteiger partial charge in [-0.25, -0.2) is 10.2 Å². The van der Waals surface area contributed by atoms with Crippen molar-refractivity contribution in [1.82, 2.24) is 10.9 Å². The van der Waals surface area contributed by atoms with Crippen molar-refractivity contribution in [2.75, 3.05) is 5.32 Å². The van der Waals surface area contributed by atoms with Gasteiger partial charge in [0.15, 0.2) is 0 Å². The Morgan fingerprint density at radius 2 is 1.73 bits per heavy atom. The van der Waals surface area contributed by atoms with E-state index in [1.54, 1.807) is 12.1 Å². The van der Waals surface area contributed by atoms with E-state index in [4.69, 9.17) is 0 Å². The van der Waals surface area contributed by atoms with Gasteiger partial charge in [0.1, 0.15) is 0 Å². The van der Waals surface area contributed by atoms with Crippen molar-refractivity contribution in [3.63, 3.8) is 0 Å². The maximum atomic E-state index is 11.2. The van der Waals surface area contributed by atoms with Crippen molar-refractivity contribution >= 4 is 40.2 Å². The minimum Gasteiger partial charge on any atom is -0.307 e. The molecule has 0 aliphatic heterocycles. The molecule has 0 unspecified atom stereocenters. The lowest BCUT2D eigenvalue weighted by Gasteiger charge is -2.07. The highest BCUT2D eigenvalue weighted by molar-refractivity contribution is 14.1. The van der Waals surface area contributed by atoms with Crippen LogP contribution in [0.2, 0.25) is 0 Å². The third-order valence-electron chi connectivity index (χ3n) is 1.45. The molecule has 0 saturated carbocycles. The highest BCUT2D eigenvalue weighted by Crippen LogP contribution is 2.10. The van der Waals surface area contributed by atoms with Crippen LogP contribution in [0, 0.1) is 3.57 Å². The first-order chi connectivity index (χ1) is 7.08. The van der Waals surface area contributed by atoms with Gasteiger partial charge in [-0.3, -0.25) is 10.2 Å². The van der Waals surface area contributed by atoms with Crippen LogP contribution in [0.5, 0.6) is 0 Å². The second kappa shape index (κ2) is 5.54. The van der Waals surface area contributed by atoms with E-state index in [-0.39, 0.29) is 5.91 Å². The number of carbonyl (C=O) groups excluding carboxylic acids is 2. The normalized spacial score (nSPS) is 9.20. The molecule has 3 amide bonds. The molecule has 0 aliphatic rings. The summed E-state index contributed by atoms with van der Waals surface area (Å²) < 4.78 is 1.08. The third kappa shape index (κ3) is 4.63. The molecule has 1 aromatic carbocycles. The monoisotopic (exact) mass is 319 g/mol. The van der Waals surface area contributed by atoms with Gasteiger partial charge in [0.05, 0.1) is 0 Å². The molecule has 80 valence electrons. The zero-order valence-corrected chi connectivity index (χ0v) is 10.2. The van der Waals surface area contributed by atoms with Crippen molar-refractivity contribution in [3.8, 4) is 0 Å². The topological polar surface area (TPSA) is 70.2 Å². The van der Waals surface area contributed by atoms with Crippen molar-refractivity contribution in [2.24, 2.45) is 0 Å². The number of hydrazine groups is 1. The van der Waals surface area contributed by atoms with Crippen LogP contribution in [0.3, 0.4) is 0 Å². The highest BCUT2D eigenvalue weighted by Gasteiger charge is 2.00. The van der Waals surface area contributed by atoms with Gasteiger partial charge in [0.2, 0.25) is 5.91 Å². The number of halogens is 1. The molecule has 0 bridgehead atoms. The number of hydrogen-bond donors (Lipinski definition) is 3. The molecule has 0 radical (unpaired) electrons. The summed E-state index contributed by atoms with van der Waals surface area (Å²) in [5.41, 5.74) is 5.03. The summed E-state index contributed by atoms with van der Waals surface area (Å²) in [5, 5.41) is 2.56. The molecule has 5 nitrogen and oxygen atoms in total. The van der Waals surface area contributed by atoms with E-state index in [1.165, 1.54) is 6.92 Å². The molecule has 15 heavy (non-hydrogen) atoms. The summed E-state index contributed by atoms with van der Waals surface area (Å²) in [6.45, 7) is 1.31. The minimum absolute atomic E-state index is 0.326. The standard InChI is InChI=1S/C9H10IN3O2/c1-6(14)12-13-9(15)11-8-4-2-7(10)3-5-8/h2-5H,1H3,(H,12,14)(H2,11,13,15). The van der Waals surface area contributed by atoms with E-state index in [0.717, 1.165) is 3.57 Å². The number of nitrogens with one attached hydrogen (secondary N) is 3. The second-order valence-electron chi connectivity index (χ2n) is 2.77. The van der Waals surface area contributed by atoms with E-state index < -0.39 is 6.03 Å². The molecule has 0 saturated heterocycles. The molecule has 1 rings (SSSR count). The lowest BCUT2D eigenvalue weighted by molar-refractivity contribution is -0.119. The van der Waals surface area contributed by atoms with Crippen molar-refractivity contribution < 1.29 is 9.59 Å². The Morgan fingerprint density at radius 1 is 1.13 bits per heavy atom. The Kier molecular flexibility index (Phi) is 4.35. The van der Waals surface area contributed by atoms with Crippen LogP contribution in [-0.2, 0) is 4.79 Å². The quantitative estimate of drug-likeness (QED) is 0.542. The number of urea groups is 1. The fraction of sp³-hybridized carbons (Fsp3) is 0.111. The van der Waals surface area contributed by atoms with Crippen LogP contribution in [-0.4, -0.2) is 11.9 Å². The van der Waals surface area contributed by atoms with Gasteiger partial charge in [-0.1, -0.05) is 0 Å². The van der Waals surface area contributed by atoms with E-state index in [2.05, 4.69) is 38.8 Å². The molecule has 0 aromatic heterocycles. The number of rotatable bonds is 1. The molecule has 0 aliphatic carbocycles. The zero-order chi connectivity index (χ0) is 11.3. The number of anilines is 1. The molecule has 3 N–H and O–H groups in total. The summed E-state index contributed by atoms with van der Waals surface area (Å²) in [6.07, 6.45) is 0. The number of carbonyl (C=O) groups is 2. The van der Waals surface area contributed by atoms with Gasteiger partial charge < -0.3 is 5.32 Å². The SMILES string of the molecule is CC(=O)NNC(=O)Nc1ccc(I)cc1. The third-order valence-corrected chi connectivity index (χ3v) is 2.17. The average Bonchev–Trinajstić information content (AvgIpc) is 2.19. The molecule has 6 heteroatoms. The number of hydrogen-bond acceptors (Lipinski definition) is 2. The molecule has 1 aromatic rings. The summed E-state index contributed by atoms with van der Waals surface area (Å²) in [6, 6.07) is 6.80. The molecular weight excluding hydrogens is 309 g/mol. The van der Waals surface area contributed by atoms with Crippen LogP contribution in [0.15, 0.2) is 24.3 Å².